The number of nitrogens with two attached hydrogens (primary N) is 4. The molecule has 0 amide bonds. The Hall–Kier alpha value is -1.48. The van der Waals surface area contributed by atoms with E-state index in [2.05, 4.69) is 0 Å². The highest BCUT2D eigenvalue weighted by atomic mass is 32.1. The monoisotopic (exact) mass is 256 g/mol. The first-order valence-corrected chi connectivity index (χ1v) is 5.03. The predicted molar refractivity (Wildman–Crippen MR) is 73.3 cm³/mol. The van der Waals surface area contributed by atoms with Crippen LogP contribution in [0.25, 0.3) is 0 Å². The van der Waals surface area contributed by atoms with Crippen LogP contribution < -0.4 is 33.2 Å². The number of rotatable bonds is 2. The molecule has 8 heteroatoms. The standard InChI is InChI=1S/C8H12N6S2/c9-7(15)13(11)5-1-2-6(4-3-5)14(12)8(10)16/h1-4H,11-12H2,(H2,9,15)(H2,10,16). The Balaban J connectivity index is 2.91. The van der Waals surface area contributed by atoms with E-state index in [-0.39, 0.29) is 10.2 Å². The number of hydrazine groups is 2. The van der Waals surface area contributed by atoms with Crippen LogP contribution in [0.3, 0.4) is 0 Å². The Bertz CT molecular complexity index is 364. The summed E-state index contributed by atoms with van der Waals surface area (Å²) < 4.78 is 0. The van der Waals surface area contributed by atoms with Gasteiger partial charge in [0, 0.05) is 0 Å². The van der Waals surface area contributed by atoms with Gasteiger partial charge >= 0.3 is 0 Å². The quantitative estimate of drug-likeness (QED) is 0.319. The highest BCUT2D eigenvalue weighted by molar-refractivity contribution is 7.80. The van der Waals surface area contributed by atoms with Crippen LogP contribution >= 0.6 is 24.4 Å². The van der Waals surface area contributed by atoms with E-state index in [1.165, 1.54) is 10.0 Å². The third-order valence-corrected chi connectivity index (χ3v) is 2.27. The van der Waals surface area contributed by atoms with E-state index in [1.54, 1.807) is 24.3 Å². The van der Waals surface area contributed by atoms with Crippen molar-refractivity contribution in [3.63, 3.8) is 0 Å². The molecule has 16 heavy (non-hydrogen) atoms. The lowest BCUT2D eigenvalue weighted by atomic mass is 10.2. The second kappa shape index (κ2) is 5.03. The lowest BCUT2D eigenvalue weighted by Gasteiger charge is -2.19. The number of anilines is 2. The SMILES string of the molecule is NC(=S)N(N)c1ccc(N(N)C(N)=S)cc1. The lowest BCUT2D eigenvalue weighted by Crippen LogP contribution is -2.42. The molecule has 0 spiro atoms. The Labute approximate surface area is 104 Å². The molecule has 0 aromatic heterocycles. The van der Waals surface area contributed by atoms with Gasteiger partial charge in [0.25, 0.3) is 0 Å². The third kappa shape index (κ3) is 2.76. The lowest BCUT2D eigenvalue weighted by molar-refractivity contribution is 1.11. The van der Waals surface area contributed by atoms with Crippen LogP contribution in [0.1, 0.15) is 0 Å². The van der Waals surface area contributed by atoms with Gasteiger partial charge in [0.15, 0.2) is 10.2 Å². The van der Waals surface area contributed by atoms with E-state index in [0.29, 0.717) is 11.4 Å². The van der Waals surface area contributed by atoms with E-state index in [4.69, 9.17) is 47.6 Å². The first-order chi connectivity index (χ1) is 7.43. The van der Waals surface area contributed by atoms with Gasteiger partial charge in [-0.15, -0.1) is 0 Å². The van der Waals surface area contributed by atoms with Gasteiger partial charge in [0.1, 0.15) is 0 Å². The molecule has 0 aliphatic carbocycles. The van der Waals surface area contributed by atoms with E-state index in [1.807, 2.05) is 0 Å². The van der Waals surface area contributed by atoms with Gasteiger partial charge in [0.2, 0.25) is 0 Å². The van der Waals surface area contributed by atoms with Crippen molar-refractivity contribution in [2.75, 3.05) is 10.0 Å². The zero-order valence-corrected chi connectivity index (χ0v) is 9.96. The highest BCUT2D eigenvalue weighted by Gasteiger charge is 2.07. The van der Waals surface area contributed by atoms with Gasteiger partial charge in [-0.25, -0.2) is 11.7 Å². The molecule has 0 saturated carbocycles. The maximum Gasteiger partial charge on any atom is 0.185 e. The highest BCUT2D eigenvalue weighted by Crippen LogP contribution is 2.17. The Morgan fingerprint density at radius 3 is 1.25 bits per heavy atom. The van der Waals surface area contributed by atoms with Gasteiger partial charge in [-0.3, -0.25) is 10.0 Å². The van der Waals surface area contributed by atoms with Gasteiger partial charge in [-0.05, 0) is 48.7 Å². The molecule has 0 radical (unpaired) electrons. The average molecular weight is 256 g/mol. The second-order valence-corrected chi connectivity index (χ2v) is 3.77. The number of hydrogen-bond donors (Lipinski definition) is 4. The molecule has 1 rings (SSSR count). The van der Waals surface area contributed by atoms with Crippen molar-refractivity contribution in [1.29, 1.82) is 0 Å². The topological polar surface area (TPSA) is 111 Å². The average Bonchev–Trinajstić information content (AvgIpc) is 2.27. The molecule has 0 fully saturated rings. The van der Waals surface area contributed by atoms with Crippen molar-refractivity contribution in [2.45, 2.75) is 0 Å². The number of benzene rings is 1. The molecule has 0 aliphatic heterocycles. The summed E-state index contributed by atoms with van der Waals surface area (Å²) in [5.41, 5.74) is 12.0. The van der Waals surface area contributed by atoms with Crippen molar-refractivity contribution in [2.24, 2.45) is 23.2 Å². The summed E-state index contributed by atoms with van der Waals surface area (Å²) in [5.74, 6) is 11.2. The van der Waals surface area contributed by atoms with Crippen LogP contribution in [-0.2, 0) is 0 Å². The molecule has 0 heterocycles. The van der Waals surface area contributed by atoms with Crippen molar-refractivity contribution < 1.29 is 0 Å². The first-order valence-electron chi connectivity index (χ1n) is 4.22. The smallest absolute Gasteiger partial charge is 0.185 e. The Morgan fingerprint density at radius 2 is 1.06 bits per heavy atom. The minimum Gasteiger partial charge on any atom is -0.375 e. The molecule has 0 atom stereocenters. The third-order valence-electron chi connectivity index (χ3n) is 1.88. The van der Waals surface area contributed by atoms with Crippen LogP contribution in [0, 0.1) is 0 Å². The summed E-state index contributed by atoms with van der Waals surface area (Å²) in [6.45, 7) is 0. The van der Waals surface area contributed by atoms with Crippen LogP contribution in [-0.4, -0.2) is 10.2 Å². The normalized spacial score (nSPS) is 9.62. The van der Waals surface area contributed by atoms with Gasteiger partial charge in [0.05, 0.1) is 11.4 Å². The van der Waals surface area contributed by atoms with Crippen molar-refractivity contribution >= 4 is 46.0 Å². The first kappa shape index (κ1) is 12.6. The second-order valence-electron chi connectivity index (χ2n) is 2.93. The van der Waals surface area contributed by atoms with Crippen molar-refractivity contribution in [3.8, 4) is 0 Å². The molecule has 0 saturated heterocycles. The predicted octanol–water partition coefficient (Wildman–Crippen LogP) is -0.466. The molecular weight excluding hydrogens is 244 g/mol. The fourth-order valence-corrected chi connectivity index (χ4v) is 1.24. The van der Waals surface area contributed by atoms with Gasteiger partial charge in [-0.1, -0.05) is 0 Å². The molecule has 1 aromatic rings. The summed E-state index contributed by atoms with van der Waals surface area (Å²) in [7, 11) is 0. The number of hydrogen-bond acceptors (Lipinski definition) is 4. The number of nitrogens with zero attached hydrogens (tertiary/aromatic N) is 2. The Kier molecular flexibility index (Phi) is 3.96. The largest absolute Gasteiger partial charge is 0.375 e. The van der Waals surface area contributed by atoms with Crippen LogP contribution in [0.15, 0.2) is 24.3 Å². The molecule has 0 aliphatic rings. The van der Waals surface area contributed by atoms with E-state index in [9.17, 15) is 0 Å². The minimum absolute atomic E-state index is 0.0756. The van der Waals surface area contributed by atoms with E-state index < -0.39 is 0 Å². The summed E-state index contributed by atoms with van der Waals surface area (Å²) in [5, 5.41) is 2.51. The van der Waals surface area contributed by atoms with Crippen LogP contribution in [0.5, 0.6) is 0 Å². The van der Waals surface area contributed by atoms with Crippen molar-refractivity contribution in [1.82, 2.24) is 0 Å². The van der Waals surface area contributed by atoms with E-state index >= 15 is 0 Å². The van der Waals surface area contributed by atoms with Gasteiger partial charge in [-0.2, -0.15) is 0 Å². The molecule has 0 bridgehead atoms. The zero-order valence-electron chi connectivity index (χ0n) is 8.33. The summed E-state index contributed by atoms with van der Waals surface area (Å²) >= 11 is 9.46. The maximum atomic E-state index is 5.60. The zero-order chi connectivity index (χ0) is 12.3. The number of thiocarbonyl (C=S) groups is 2. The summed E-state index contributed by atoms with van der Waals surface area (Å²) in [6.07, 6.45) is 0. The van der Waals surface area contributed by atoms with Gasteiger partial charge < -0.3 is 11.5 Å². The fourth-order valence-electron chi connectivity index (χ4n) is 1.03. The van der Waals surface area contributed by atoms with E-state index in [0.717, 1.165) is 0 Å². The molecule has 6 nitrogen and oxygen atoms in total. The molecule has 86 valence electrons. The molecule has 8 N–H and O–H groups in total. The van der Waals surface area contributed by atoms with Crippen LogP contribution in [0.2, 0.25) is 0 Å². The summed E-state index contributed by atoms with van der Waals surface area (Å²) in [6, 6.07) is 6.80. The maximum absolute atomic E-state index is 5.60. The molecular formula is C8H12N6S2. The van der Waals surface area contributed by atoms with Crippen molar-refractivity contribution in [3.05, 3.63) is 24.3 Å². The summed E-state index contributed by atoms with van der Waals surface area (Å²) in [4.78, 5) is 0. The fraction of sp³-hybridized carbons (Fsp3) is 0. The molecule has 1 aromatic carbocycles. The van der Waals surface area contributed by atoms with Crippen LogP contribution in [0.4, 0.5) is 11.4 Å². The molecule has 0 unspecified atom stereocenters. The Morgan fingerprint density at radius 1 is 0.812 bits per heavy atom. The minimum atomic E-state index is 0.0756.